The van der Waals surface area contributed by atoms with Crippen LogP contribution in [0.25, 0.3) is 0 Å². The molecule has 3 nitrogen and oxygen atoms in total. The molecular weight excluding hydrogens is 186 g/mol. The van der Waals surface area contributed by atoms with E-state index in [-0.39, 0.29) is 0 Å². The summed E-state index contributed by atoms with van der Waals surface area (Å²) in [6.45, 7) is 6.55. The molecule has 0 atom stereocenters. The van der Waals surface area contributed by atoms with Crippen LogP contribution in [-0.4, -0.2) is 17.0 Å². The monoisotopic (exact) mass is 207 g/mol. The van der Waals surface area contributed by atoms with E-state index in [1.54, 1.807) is 0 Å². The van der Waals surface area contributed by atoms with Gasteiger partial charge in [0.1, 0.15) is 11.6 Å². The first kappa shape index (κ1) is 12.0. The number of aromatic nitrogens is 2. The maximum Gasteiger partial charge on any atom is 0.131 e. The van der Waals surface area contributed by atoms with Crippen LogP contribution in [-0.2, 0) is 12.8 Å². The van der Waals surface area contributed by atoms with Crippen LogP contribution in [0.1, 0.15) is 38.7 Å². The Morgan fingerprint density at radius 3 is 2.60 bits per heavy atom. The molecule has 0 saturated carbocycles. The van der Waals surface area contributed by atoms with E-state index in [9.17, 15) is 0 Å². The summed E-state index contributed by atoms with van der Waals surface area (Å²) in [6, 6.07) is 2.04. The Morgan fingerprint density at radius 1 is 1.33 bits per heavy atom. The van der Waals surface area contributed by atoms with Gasteiger partial charge in [-0.1, -0.05) is 27.2 Å². The fourth-order valence-electron chi connectivity index (χ4n) is 1.52. The van der Waals surface area contributed by atoms with Gasteiger partial charge in [-0.05, 0) is 12.3 Å². The Morgan fingerprint density at radius 2 is 2.07 bits per heavy atom. The summed E-state index contributed by atoms with van der Waals surface area (Å²) in [5.41, 5.74) is 1.15. The molecule has 0 aliphatic heterocycles. The lowest BCUT2D eigenvalue weighted by Gasteiger charge is -2.08. The van der Waals surface area contributed by atoms with Gasteiger partial charge in [0.15, 0.2) is 0 Å². The van der Waals surface area contributed by atoms with Gasteiger partial charge in [-0.3, -0.25) is 0 Å². The third kappa shape index (κ3) is 3.86. The Kier molecular flexibility index (Phi) is 4.53. The van der Waals surface area contributed by atoms with Crippen molar-refractivity contribution in [1.82, 2.24) is 9.97 Å². The fourth-order valence-corrected chi connectivity index (χ4v) is 1.52. The molecule has 0 fully saturated rings. The maximum absolute atomic E-state index is 4.56. The van der Waals surface area contributed by atoms with Crippen LogP contribution >= 0.6 is 0 Å². The SMILES string of the molecule is CCCc1cc(NC)nc(CC(C)C)n1. The lowest BCUT2D eigenvalue weighted by atomic mass is 10.1. The van der Waals surface area contributed by atoms with Crippen LogP contribution in [0.15, 0.2) is 6.07 Å². The average Bonchev–Trinajstić information content (AvgIpc) is 2.16. The molecule has 1 aromatic rings. The van der Waals surface area contributed by atoms with Crippen molar-refractivity contribution in [3.63, 3.8) is 0 Å². The molecule has 1 heterocycles. The normalized spacial score (nSPS) is 10.7. The van der Waals surface area contributed by atoms with Gasteiger partial charge in [-0.15, -0.1) is 0 Å². The van der Waals surface area contributed by atoms with E-state index < -0.39 is 0 Å². The number of aryl methyl sites for hydroxylation is 1. The van der Waals surface area contributed by atoms with Crippen LogP contribution in [0, 0.1) is 5.92 Å². The molecule has 15 heavy (non-hydrogen) atoms. The van der Waals surface area contributed by atoms with Crippen molar-refractivity contribution >= 4 is 5.82 Å². The topological polar surface area (TPSA) is 37.8 Å². The molecule has 3 heteroatoms. The third-order valence-corrected chi connectivity index (χ3v) is 2.18. The van der Waals surface area contributed by atoms with E-state index in [0.717, 1.165) is 36.6 Å². The van der Waals surface area contributed by atoms with Crippen LogP contribution in [0.4, 0.5) is 5.82 Å². The Labute approximate surface area is 92.3 Å². The summed E-state index contributed by atoms with van der Waals surface area (Å²) >= 11 is 0. The molecule has 0 unspecified atom stereocenters. The van der Waals surface area contributed by atoms with Crippen molar-refractivity contribution in [2.24, 2.45) is 5.92 Å². The van der Waals surface area contributed by atoms with E-state index in [4.69, 9.17) is 0 Å². The lowest BCUT2D eigenvalue weighted by molar-refractivity contribution is 0.617. The highest BCUT2D eigenvalue weighted by molar-refractivity contribution is 5.35. The first-order chi connectivity index (χ1) is 7.15. The summed E-state index contributed by atoms with van der Waals surface area (Å²) in [5.74, 6) is 2.50. The number of anilines is 1. The zero-order chi connectivity index (χ0) is 11.3. The summed E-state index contributed by atoms with van der Waals surface area (Å²) < 4.78 is 0. The Balaban J connectivity index is 2.89. The van der Waals surface area contributed by atoms with Gasteiger partial charge in [0, 0.05) is 25.2 Å². The van der Waals surface area contributed by atoms with E-state index in [1.807, 2.05) is 13.1 Å². The van der Waals surface area contributed by atoms with Gasteiger partial charge in [-0.2, -0.15) is 0 Å². The van der Waals surface area contributed by atoms with E-state index in [1.165, 1.54) is 0 Å². The number of nitrogens with one attached hydrogen (secondary N) is 1. The summed E-state index contributed by atoms with van der Waals surface area (Å²) in [5, 5.41) is 3.09. The minimum Gasteiger partial charge on any atom is -0.373 e. The van der Waals surface area contributed by atoms with E-state index in [0.29, 0.717) is 5.92 Å². The van der Waals surface area contributed by atoms with Crippen molar-refractivity contribution in [2.75, 3.05) is 12.4 Å². The predicted molar refractivity (Wildman–Crippen MR) is 64.1 cm³/mol. The standard InChI is InChI=1S/C12H21N3/c1-5-6-10-8-11(13-4)15-12(14-10)7-9(2)3/h8-9H,5-7H2,1-4H3,(H,13,14,15). The zero-order valence-corrected chi connectivity index (χ0v) is 10.2. The van der Waals surface area contributed by atoms with Crippen molar-refractivity contribution in [2.45, 2.75) is 40.0 Å². The molecule has 0 radical (unpaired) electrons. The van der Waals surface area contributed by atoms with Crippen molar-refractivity contribution in [3.05, 3.63) is 17.6 Å². The minimum absolute atomic E-state index is 0.603. The zero-order valence-electron chi connectivity index (χ0n) is 10.2. The molecule has 1 N–H and O–H groups in total. The number of hydrogen-bond acceptors (Lipinski definition) is 3. The second kappa shape index (κ2) is 5.69. The Hall–Kier alpha value is -1.12. The molecule has 1 aromatic heterocycles. The number of hydrogen-bond donors (Lipinski definition) is 1. The van der Waals surface area contributed by atoms with E-state index >= 15 is 0 Å². The van der Waals surface area contributed by atoms with Crippen LogP contribution < -0.4 is 5.32 Å². The predicted octanol–water partition coefficient (Wildman–Crippen LogP) is 2.67. The van der Waals surface area contributed by atoms with Crippen LogP contribution in [0.5, 0.6) is 0 Å². The summed E-state index contributed by atoms with van der Waals surface area (Å²) in [4.78, 5) is 9.01. The maximum atomic E-state index is 4.56. The molecule has 0 bridgehead atoms. The van der Waals surface area contributed by atoms with Crippen molar-refractivity contribution in [3.8, 4) is 0 Å². The van der Waals surface area contributed by atoms with Gasteiger partial charge in [-0.25, -0.2) is 9.97 Å². The molecule has 0 amide bonds. The smallest absolute Gasteiger partial charge is 0.131 e. The van der Waals surface area contributed by atoms with Gasteiger partial charge >= 0.3 is 0 Å². The number of nitrogens with zero attached hydrogens (tertiary/aromatic N) is 2. The van der Waals surface area contributed by atoms with Crippen molar-refractivity contribution < 1.29 is 0 Å². The van der Waals surface area contributed by atoms with E-state index in [2.05, 4.69) is 36.1 Å². The fraction of sp³-hybridized carbons (Fsp3) is 0.667. The summed E-state index contributed by atoms with van der Waals surface area (Å²) in [7, 11) is 1.90. The van der Waals surface area contributed by atoms with Gasteiger partial charge in [0.25, 0.3) is 0 Å². The highest BCUT2D eigenvalue weighted by Gasteiger charge is 2.05. The third-order valence-electron chi connectivity index (χ3n) is 2.18. The molecule has 0 saturated heterocycles. The second-order valence-electron chi connectivity index (χ2n) is 4.26. The second-order valence-corrected chi connectivity index (χ2v) is 4.26. The Bertz CT molecular complexity index is 308. The van der Waals surface area contributed by atoms with Crippen molar-refractivity contribution in [1.29, 1.82) is 0 Å². The molecule has 1 rings (SSSR count). The molecule has 0 aromatic carbocycles. The van der Waals surface area contributed by atoms with Crippen LogP contribution in [0.3, 0.4) is 0 Å². The van der Waals surface area contributed by atoms with Gasteiger partial charge in [0.05, 0.1) is 0 Å². The first-order valence-electron chi connectivity index (χ1n) is 5.70. The average molecular weight is 207 g/mol. The minimum atomic E-state index is 0.603. The highest BCUT2D eigenvalue weighted by Crippen LogP contribution is 2.11. The lowest BCUT2D eigenvalue weighted by Crippen LogP contribution is -2.06. The first-order valence-corrected chi connectivity index (χ1v) is 5.70. The molecule has 0 aliphatic rings. The van der Waals surface area contributed by atoms with Gasteiger partial charge in [0.2, 0.25) is 0 Å². The van der Waals surface area contributed by atoms with Gasteiger partial charge < -0.3 is 5.32 Å². The number of rotatable bonds is 5. The molecule has 84 valence electrons. The largest absolute Gasteiger partial charge is 0.373 e. The summed E-state index contributed by atoms with van der Waals surface area (Å²) in [6.07, 6.45) is 3.11. The molecular formula is C12H21N3. The molecule has 0 spiro atoms. The highest BCUT2D eigenvalue weighted by atomic mass is 15.0. The quantitative estimate of drug-likeness (QED) is 0.806. The van der Waals surface area contributed by atoms with Crippen LogP contribution in [0.2, 0.25) is 0 Å². The molecule has 0 aliphatic carbocycles.